The van der Waals surface area contributed by atoms with Gasteiger partial charge in [0.1, 0.15) is 6.07 Å². The van der Waals surface area contributed by atoms with Gasteiger partial charge in [0.2, 0.25) is 5.71 Å². The van der Waals surface area contributed by atoms with E-state index >= 15 is 0 Å². The van der Waals surface area contributed by atoms with Crippen LogP contribution in [0.2, 0.25) is 0 Å². The molecule has 4 N–H and O–H groups in total. The first-order chi connectivity index (χ1) is 10.6. The van der Waals surface area contributed by atoms with Crippen molar-refractivity contribution in [3.8, 4) is 6.07 Å². The third-order valence-corrected chi connectivity index (χ3v) is 2.94. The lowest BCUT2D eigenvalue weighted by atomic mass is 10.0. The number of hydrazone groups is 1. The van der Waals surface area contributed by atoms with Gasteiger partial charge >= 0.3 is 5.97 Å². The molecule has 2 rings (SSSR count). The minimum absolute atomic E-state index is 0.205. The van der Waals surface area contributed by atoms with E-state index in [1.54, 1.807) is 36.4 Å². The van der Waals surface area contributed by atoms with Crippen molar-refractivity contribution in [2.45, 2.75) is 0 Å². The molecule has 0 saturated heterocycles. The number of nitrogens with one attached hydrogen (secondary N) is 2. The number of benzene rings is 2. The van der Waals surface area contributed by atoms with Gasteiger partial charge in [-0.15, -0.1) is 0 Å². The molecule has 7 nitrogen and oxygen atoms in total. The van der Waals surface area contributed by atoms with Crippen molar-refractivity contribution in [3.63, 3.8) is 0 Å². The molecule has 110 valence electrons. The van der Waals surface area contributed by atoms with E-state index in [4.69, 9.17) is 21.1 Å². The number of rotatable bonds is 4. The summed E-state index contributed by atoms with van der Waals surface area (Å²) in [6.07, 6.45) is 0. The van der Waals surface area contributed by atoms with Crippen LogP contribution in [0.3, 0.4) is 0 Å². The van der Waals surface area contributed by atoms with Crippen molar-refractivity contribution in [1.29, 1.82) is 10.7 Å². The van der Waals surface area contributed by atoms with E-state index in [1.165, 1.54) is 7.11 Å². The predicted molar refractivity (Wildman–Crippen MR) is 83.9 cm³/mol. The minimum Gasteiger partial charge on any atom is -0.465 e. The Bertz CT molecular complexity index is 820. The van der Waals surface area contributed by atoms with Crippen LogP contribution < -0.4 is 11.2 Å². The Hall–Kier alpha value is -3.40. The Morgan fingerprint density at radius 1 is 1.41 bits per heavy atom. The molecule has 0 amide bonds. The monoisotopic (exact) mass is 295 g/mol. The maximum absolute atomic E-state index is 11.7. The van der Waals surface area contributed by atoms with Crippen LogP contribution >= 0.6 is 0 Å². The van der Waals surface area contributed by atoms with Crippen molar-refractivity contribution >= 4 is 34.0 Å². The highest BCUT2D eigenvalue weighted by atomic mass is 16.5. The van der Waals surface area contributed by atoms with E-state index in [9.17, 15) is 4.79 Å². The zero-order chi connectivity index (χ0) is 16.1. The maximum Gasteiger partial charge on any atom is 0.338 e. The van der Waals surface area contributed by atoms with Crippen molar-refractivity contribution in [3.05, 3.63) is 42.0 Å². The Labute approximate surface area is 126 Å². The third kappa shape index (κ3) is 3.02. The average molecular weight is 295 g/mol. The van der Waals surface area contributed by atoms with E-state index in [1.807, 2.05) is 6.07 Å². The standard InChI is InChI=1S/C15H13N5O2/c1-22-15(21)12-4-2-3-9-7-10(5-6-11(9)12)19-20-13(8-16)14(17)18/h2-7,19H,1H3,(H3,17,18)/b20-13+. The van der Waals surface area contributed by atoms with Crippen LogP contribution in [0.4, 0.5) is 5.69 Å². The number of amidine groups is 1. The third-order valence-electron chi connectivity index (χ3n) is 2.94. The molecule has 7 heteroatoms. The summed E-state index contributed by atoms with van der Waals surface area (Å²) >= 11 is 0. The molecule has 0 aliphatic carbocycles. The SMILES string of the molecule is COC(=O)c1cccc2cc(N/N=C(\C#N)C(=N)N)ccc12. The summed E-state index contributed by atoms with van der Waals surface area (Å²) in [6.45, 7) is 0. The van der Waals surface area contributed by atoms with Gasteiger partial charge in [0.15, 0.2) is 5.84 Å². The number of ether oxygens (including phenoxy) is 1. The Kier molecular flexibility index (Phi) is 4.34. The minimum atomic E-state index is -0.413. The van der Waals surface area contributed by atoms with Gasteiger partial charge in [-0.1, -0.05) is 18.2 Å². The van der Waals surface area contributed by atoms with Crippen LogP contribution in [0, 0.1) is 16.7 Å². The maximum atomic E-state index is 11.7. The second-order valence-electron chi connectivity index (χ2n) is 4.33. The number of fused-ring (bicyclic) bond motifs is 1. The van der Waals surface area contributed by atoms with Gasteiger partial charge in [0.25, 0.3) is 0 Å². The largest absolute Gasteiger partial charge is 0.465 e. The summed E-state index contributed by atoms with van der Waals surface area (Å²) in [6, 6.07) is 12.2. The Balaban J connectivity index is 2.39. The number of anilines is 1. The molecule has 0 heterocycles. The summed E-state index contributed by atoms with van der Waals surface area (Å²) in [7, 11) is 1.33. The van der Waals surface area contributed by atoms with E-state index in [0.29, 0.717) is 11.3 Å². The predicted octanol–water partition coefficient (Wildman–Crippen LogP) is 1.85. The second-order valence-corrected chi connectivity index (χ2v) is 4.33. The first kappa shape index (κ1) is 15.0. The first-order valence-corrected chi connectivity index (χ1v) is 6.26. The van der Waals surface area contributed by atoms with Crippen LogP contribution in [0.15, 0.2) is 41.5 Å². The van der Waals surface area contributed by atoms with Crippen molar-refractivity contribution in [2.75, 3.05) is 12.5 Å². The molecular formula is C15H13N5O2. The van der Waals surface area contributed by atoms with E-state index in [-0.39, 0.29) is 5.71 Å². The molecule has 0 atom stereocenters. The smallest absolute Gasteiger partial charge is 0.338 e. The van der Waals surface area contributed by atoms with Crippen LogP contribution in [0.25, 0.3) is 10.8 Å². The highest BCUT2D eigenvalue weighted by Crippen LogP contribution is 2.23. The zero-order valence-corrected chi connectivity index (χ0v) is 11.8. The van der Waals surface area contributed by atoms with Gasteiger partial charge in [0.05, 0.1) is 18.4 Å². The second kappa shape index (κ2) is 6.37. The lowest BCUT2D eigenvalue weighted by Gasteiger charge is -2.07. The molecule has 0 aliphatic heterocycles. The summed E-state index contributed by atoms with van der Waals surface area (Å²) < 4.78 is 4.74. The van der Waals surface area contributed by atoms with Gasteiger partial charge in [-0.25, -0.2) is 4.79 Å². The number of methoxy groups -OCH3 is 1. The fourth-order valence-corrected chi connectivity index (χ4v) is 1.91. The molecule has 2 aromatic carbocycles. The topological polar surface area (TPSA) is 124 Å². The lowest BCUT2D eigenvalue weighted by Crippen LogP contribution is -2.21. The van der Waals surface area contributed by atoms with Crippen LogP contribution in [-0.4, -0.2) is 24.6 Å². The molecule has 0 aromatic heterocycles. The molecule has 0 bridgehead atoms. The normalized spacial score (nSPS) is 10.8. The quantitative estimate of drug-likeness (QED) is 0.343. The number of esters is 1. The van der Waals surface area contributed by atoms with Gasteiger partial charge in [0, 0.05) is 0 Å². The fraction of sp³-hybridized carbons (Fsp3) is 0.0667. The first-order valence-electron chi connectivity index (χ1n) is 6.26. The number of nitrogens with zero attached hydrogens (tertiary/aromatic N) is 2. The summed E-state index contributed by atoms with van der Waals surface area (Å²) in [5, 5.41) is 21.3. The van der Waals surface area contributed by atoms with E-state index in [2.05, 4.69) is 10.5 Å². The molecule has 0 saturated carbocycles. The molecule has 0 radical (unpaired) electrons. The van der Waals surface area contributed by atoms with E-state index in [0.717, 1.165) is 10.8 Å². The van der Waals surface area contributed by atoms with Crippen LogP contribution in [-0.2, 0) is 4.74 Å². The van der Waals surface area contributed by atoms with Crippen LogP contribution in [0.5, 0.6) is 0 Å². The summed E-state index contributed by atoms with van der Waals surface area (Å²) in [4.78, 5) is 11.7. The number of hydrogen-bond acceptors (Lipinski definition) is 6. The highest BCUT2D eigenvalue weighted by molar-refractivity contribution is 6.45. The molecule has 0 spiro atoms. The number of nitriles is 1. The molecule has 0 aliphatic rings. The zero-order valence-electron chi connectivity index (χ0n) is 11.8. The Morgan fingerprint density at radius 3 is 2.82 bits per heavy atom. The Morgan fingerprint density at radius 2 is 2.18 bits per heavy atom. The number of nitrogens with two attached hydrogens (primary N) is 1. The van der Waals surface area contributed by atoms with E-state index < -0.39 is 11.8 Å². The van der Waals surface area contributed by atoms with Crippen molar-refractivity contribution in [2.24, 2.45) is 10.8 Å². The molecule has 2 aromatic rings. The summed E-state index contributed by atoms with van der Waals surface area (Å²) in [5.74, 6) is -0.823. The van der Waals surface area contributed by atoms with Crippen molar-refractivity contribution in [1.82, 2.24) is 0 Å². The summed E-state index contributed by atoms with van der Waals surface area (Å²) in [5.41, 5.74) is 8.73. The highest BCUT2D eigenvalue weighted by Gasteiger charge is 2.10. The van der Waals surface area contributed by atoms with Crippen LogP contribution in [0.1, 0.15) is 10.4 Å². The molecule has 22 heavy (non-hydrogen) atoms. The molecule has 0 unspecified atom stereocenters. The average Bonchev–Trinajstić information content (AvgIpc) is 2.53. The lowest BCUT2D eigenvalue weighted by molar-refractivity contribution is 0.0603. The number of hydrogen-bond donors (Lipinski definition) is 3. The fourth-order valence-electron chi connectivity index (χ4n) is 1.91. The number of carbonyl (C=O) groups is 1. The molecular weight excluding hydrogens is 282 g/mol. The van der Waals surface area contributed by atoms with Gasteiger partial charge in [-0.2, -0.15) is 10.4 Å². The number of carbonyl (C=O) groups excluding carboxylic acids is 1. The van der Waals surface area contributed by atoms with Gasteiger partial charge in [-0.3, -0.25) is 10.8 Å². The van der Waals surface area contributed by atoms with Gasteiger partial charge in [-0.05, 0) is 29.0 Å². The van der Waals surface area contributed by atoms with Crippen molar-refractivity contribution < 1.29 is 9.53 Å². The van der Waals surface area contributed by atoms with Gasteiger partial charge < -0.3 is 10.5 Å². The molecule has 0 fully saturated rings.